The molecule has 2 unspecified atom stereocenters. The van der Waals surface area contributed by atoms with Crippen LogP contribution in [0.3, 0.4) is 0 Å². The van der Waals surface area contributed by atoms with E-state index in [0.29, 0.717) is 38.9 Å². The molecule has 210 valence electrons. The Kier molecular flexibility index (Phi) is 10.4. The lowest BCUT2D eigenvalue weighted by Gasteiger charge is -2.25. The molecule has 1 N–H and O–H groups in total. The Balaban J connectivity index is 1.98. The number of likely N-dealkylation sites (tertiary alicyclic amines) is 2. The average molecular weight is 562 g/mol. The third-order valence-electron chi connectivity index (χ3n) is 6.49. The third-order valence-corrected chi connectivity index (χ3v) is 7.45. The summed E-state index contributed by atoms with van der Waals surface area (Å²) in [7, 11) is 3.39. The first-order chi connectivity index (χ1) is 18.7. The maximum Gasteiger partial charge on any atom is 0.349 e. The van der Waals surface area contributed by atoms with E-state index in [0.717, 1.165) is 45.5 Å². The SMILES string of the molecule is COC(=O)c1scc(NC(=NC2CCCCN(CC(=O)N3CCCC3)C2=O)C(C#N)C(=O)OC)c1C(=O)OC. The molecule has 2 amide bonds. The largest absolute Gasteiger partial charge is 0.468 e. The van der Waals surface area contributed by atoms with Gasteiger partial charge in [-0.25, -0.2) is 9.59 Å². The summed E-state index contributed by atoms with van der Waals surface area (Å²) in [6.45, 7) is 1.63. The van der Waals surface area contributed by atoms with Gasteiger partial charge in [-0.3, -0.25) is 19.4 Å². The summed E-state index contributed by atoms with van der Waals surface area (Å²) < 4.78 is 14.3. The minimum absolute atomic E-state index is 0.0392. The highest BCUT2D eigenvalue weighted by Gasteiger charge is 2.34. The van der Waals surface area contributed by atoms with E-state index in [1.807, 2.05) is 6.07 Å². The number of esters is 3. The molecule has 14 heteroatoms. The highest BCUT2D eigenvalue weighted by Crippen LogP contribution is 2.30. The van der Waals surface area contributed by atoms with Gasteiger partial charge in [-0.05, 0) is 32.1 Å². The van der Waals surface area contributed by atoms with Crippen molar-refractivity contribution in [1.29, 1.82) is 5.26 Å². The van der Waals surface area contributed by atoms with Crippen molar-refractivity contribution < 1.29 is 38.2 Å². The minimum Gasteiger partial charge on any atom is -0.468 e. The van der Waals surface area contributed by atoms with Crippen LogP contribution in [0.5, 0.6) is 0 Å². The predicted octanol–water partition coefficient (Wildman–Crippen LogP) is 1.45. The maximum absolute atomic E-state index is 13.5. The van der Waals surface area contributed by atoms with Crippen molar-refractivity contribution in [3.63, 3.8) is 0 Å². The molecule has 0 aromatic carbocycles. The van der Waals surface area contributed by atoms with Crippen LogP contribution in [0.1, 0.15) is 52.1 Å². The van der Waals surface area contributed by atoms with Crippen LogP contribution in [0, 0.1) is 17.2 Å². The van der Waals surface area contributed by atoms with Crippen LogP contribution in [0.25, 0.3) is 0 Å². The van der Waals surface area contributed by atoms with E-state index in [4.69, 9.17) is 14.2 Å². The Morgan fingerprint density at radius 1 is 1.08 bits per heavy atom. The summed E-state index contributed by atoms with van der Waals surface area (Å²) in [6, 6.07) is 0.821. The number of nitriles is 1. The van der Waals surface area contributed by atoms with Crippen molar-refractivity contribution in [3.8, 4) is 6.07 Å². The Hall–Kier alpha value is -3.99. The Bertz CT molecular complexity index is 1180. The molecular formula is C25H31N5O8S. The van der Waals surface area contributed by atoms with Crippen LogP contribution in [0.15, 0.2) is 10.4 Å². The number of methoxy groups -OCH3 is 3. The second-order valence-electron chi connectivity index (χ2n) is 8.92. The Morgan fingerprint density at radius 3 is 2.36 bits per heavy atom. The molecule has 2 atom stereocenters. The van der Waals surface area contributed by atoms with Crippen molar-refractivity contribution in [2.45, 2.75) is 38.1 Å². The van der Waals surface area contributed by atoms with E-state index in [-0.39, 0.29) is 34.4 Å². The molecule has 2 aliphatic heterocycles. The number of nitrogens with one attached hydrogen (secondary N) is 1. The number of amides is 2. The van der Waals surface area contributed by atoms with Gasteiger partial charge in [-0.2, -0.15) is 5.26 Å². The second-order valence-corrected chi connectivity index (χ2v) is 9.80. The van der Waals surface area contributed by atoms with Crippen LogP contribution in [-0.4, -0.2) is 98.9 Å². The molecule has 0 bridgehead atoms. The first-order valence-electron chi connectivity index (χ1n) is 12.4. The van der Waals surface area contributed by atoms with Gasteiger partial charge < -0.3 is 29.3 Å². The zero-order chi connectivity index (χ0) is 28.5. The molecule has 1 aromatic heterocycles. The molecule has 0 spiro atoms. The van der Waals surface area contributed by atoms with Crippen LogP contribution < -0.4 is 5.32 Å². The van der Waals surface area contributed by atoms with E-state index >= 15 is 0 Å². The van der Waals surface area contributed by atoms with Crippen LogP contribution in [-0.2, 0) is 28.6 Å². The van der Waals surface area contributed by atoms with Gasteiger partial charge in [0.15, 0.2) is 0 Å². The smallest absolute Gasteiger partial charge is 0.349 e. The van der Waals surface area contributed by atoms with Gasteiger partial charge in [0.05, 0.1) is 39.6 Å². The van der Waals surface area contributed by atoms with Crippen LogP contribution in [0.2, 0.25) is 0 Å². The van der Waals surface area contributed by atoms with E-state index < -0.39 is 35.8 Å². The number of hydrogen-bond acceptors (Lipinski definition) is 11. The summed E-state index contributed by atoms with van der Waals surface area (Å²) in [6.07, 6.45) is 3.46. The normalized spacial score (nSPS) is 18.6. The van der Waals surface area contributed by atoms with Gasteiger partial charge in [-0.15, -0.1) is 11.3 Å². The minimum atomic E-state index is -1.57. The number of hydrogen-bond donors (Lipinski definition) is 1. The molecule has 3 heterocycles. The van der Waals surface area contributed by atoms with Crippen molar-refractivity contribution in [3.05, 3.63) is 15.8 Å². The molecular weight excluding hydrogens is 530 g/mol. The number of ether oxygens (including phenoxy) is 3. The van der Waals surface area contributed by atoms with Gasteiger partial charge in [0, 0.05) is 25.0 Å². The predicted molar refractivity (Wildman–Crippen MR) is 139 cm³/mol. The molecule has 13 nitrogen and oxygen atoms in total. The molecule has 39 heavy (non-hydrogen) atoms. The van der Waals surface area contributed by atoms with E-state index in [1.54, 1.807) is 4.90 Å². The fourth-order valence-corrected chi connectivity index (χ4v) is 5.32. The number of amidine groups is 1. The lowest BCUT2D eigenvalue weighted by Crippen LogP contribution is -2.45. The maximum atomic E-state index is 13.5. The van der Waals surface area contributed by atoms with Gasteiger partial charge in [0.2, 0.25) is 17.7 Å². The van der Waals surface area contributed by atoms with E-state index in [2.05, 4.69) is 10.3 Å². The number of aliphatic imine (C=N–C) groups is 1. The zero-order valence-corrected chi connectivity index (χ0v) is 22.9. The van der Waals surface area contributed by atoms with Crippen LogP contribution >= 0.6 is 11.3 Å². The molecule has 2 aliphatic rings. The van der Waals surface area contributed by atoms with Crippen molar-refractivity contribution in [1.82, 2.24) is 9.80 Å². The highest BCUT2D eigenvalue weighted by atomic mass is 32.1. The molecule has 2 fully saturated rings. The molecule has 1 aromatic rings. The molecule has 0 radical (unpaired) electrons. The fraction of sp³-hybridized carbons (Fsp3) is 0.560. The zero-order valence-electron chi connectivity index (χ0n) is 22.1. The summed E-state index contributed by atoms with van der Waals surface area (Å²) in [4.78, 5) is 71.1. The lowest BCUT2D eigenvalue weighted by molar-refractivity contribution is -0.141. The van der Waals surface area contributed by atoms with Crippen molar-refractivity contribution in [2.24, 2.45) is 10.9 Å². The molecule has 0 aliphatic carbocycles. The summed E-state index contributed by atoms with van der Waals surface area (Å²) >= 11 is 0.888. The summed E-state index contributed by atoms with van der Waals surface area (Å²) in [5.41, 5.74) is -0.133. The summed E-state index contributed by atoms with van der Waals surface area (Å²) in [5, 5.41) is 14.0. The number of anilines is 1. The standard InChI is InChI=1S/C25H31N5O8S/c1-36-23(33)15(12-26)21(28-17-14-39-20(25(35)38-3)19(17)24(34)37-2)27-16-8-4-5-11-30(22(16)32)13-18(31)29-9-6-7-10-29/h14-16H,4-11,13H2,1-3H3,(H,27,28). The van der Waals surface area contributed by atoms with Crippen molar-refractivity contribution in [2.75, 3.05) is 52.8 Å². The number of nitrogens with zero attached hydrogens (tertiary/aromatic N) is 4. The van der Waals surface area contributed by atoms with Gasteiger partial charge in [0.1, 0.15) is 22.3 Å². The lowest BCUT2D eigenvalue weighted by atomic mass is 10.1. The monoisotopic (exact) mass is 561 g/mol. The average Bonchev–Trinajstić information content (AvgIpc) is 3.60. The first-order valence-corrected chi connectivity index (χ1v) is 13.3. The van der Waals surface area contributed by atoms with E-state index in [9.17, 15) is 29.2 Å². The highest BCUT2D eigenvalue weighted by molar-refractivity contribution is 7.13. The number of thiophene rings is 1. The second kappa shape index (κ2) is 13.7. The first kappa shape index (κ1) is 29.6. The van der Waals surface area contributed by atoms with Gasteiger partial charge >= 0.3 is 17.9 Å². The van der Waals surface area contributed by atoms with Gasteiger partial charge in [0.25, 0.3) is 0 Å². The van der Waals surface area contributed by atoms with E-state index in [1.165, 1.54) is 10.3 Å². The quantitative estimate of drug-likeness (QED) is 0.212. The fourth-order valence-electron chi connectivity index (χ4n) is 4.42. The number of rotatable bonds is 8. The van der Waals surface area contributed by atoms with Gasteiger partial charge in [-0.1, -0.05) is 0 Å². The Labute approximate surface area is 229 Å². The third kappa shape index (κ3) is 6.91. The number of carbonyl (C=O) groups excluding carboxylic acids is 5. The molecule has 0 saturated carbocycles. The summed E-state index contributed by atoms with van der Waals surface area (Å²) in [5.74, 6) is -4.93. The Morgan fingerprint density at radius 2 is 1.74 bits per heavy atom. The number of carbonyl (C=O) groups is 5. The molecule has 3 rings (SSSR count). The topological polar surface area (TPSA) is 168 Å². The van der Waals surface area contributed by atoms with Crippen molar-refractivity contribution >= 4 is 52.6 Å². The molecule has 2 saturated heterocycles. The van der Waals surface area contributed by atoms with Crippen LogP contribution in [0.4, 0.5) is 5.69 Å².